The number of carbonyl (C=O) groups is 3. The zero-order valence-electron chi connectivity index (χ0n) is 45.5. The van der Waals surface area contributed by atoms with Gasteiger partial charge >= 0.3 is 17.9 Å². The van der Waals surface area contributed by atoms with Gasteiger partial charge in [0.25, 0.3) is 0 Å². The maximum Gasteiger partial charge on any atom is 0.306 e. The molecule has 0 spiro atoms. The van der Waals surface area contributed by atoms with E-state index in [0.717, 1.165) is 75.5 Å². The smallest absolute Gasteiger partial charge is 0.306 e. The fourth-order valence-electron chi connectivity index (χ4n) is 9.14. The Hall–Kier alpha value is -1.59. The van der Waals surface area contributed by atoms with Crippen molar-refractivity contribution in [2.75, 3.05) is 13.2 Å². The third kappa shape index (κ3) is 51.8. The minimum absolute atomic E-state index is 0.0635. The minimum Gasteiger partial charge on any atom is -0.462 e. The average molecular weight is 934 g/mol. The Morgan fingerprint density at radius 1 is 0.303 bits per heavy atom. The molecule has 0 N–H and O–H groups in total. The molecule has 0 amide bonds. The van der Waals surface area contributed by atoms with E-state index < -0.39 is 6.10 Å². The van der Waals surface area contributed by atoms with E-state index in [0.29, 0.717) is 19.3 Å². The second-order valence-electron chi connectivity index (χ2n) is 21.8. The molecule has 0 aromatic carbocycles. The number of ether oxygens (including phenoxy) is 3. The van der Waals surface area contributed by atoms with Crippen LogP contribution in [-0.4, -0.2) is 37.2 Å². The molecule has 0 bridgehead atoms. The second kappa shape index (κ2) is 51.3. The SMILES string of the molecule is CCC(C)CCCCCCCCCCCCCCCCC(=O)OC[C@@H](COC(=O)CCCCCCCCCCCC(C)C)OC(=O)CCCCCCCCCCCCCCCCCC(C)C. The van der Waals surface area contributed by atoms with Gasteiger partial charge in [-0.25, -0.2) is 0 Å². The second-order valence-corrected chi connectivity index (χ2v) is 21.8. The molecule has 0 radical (unpaired) electrons. The maximum absolute atomic E-state index is 12.9. The lowest BCUT2D eigenvalue weighted by molar-refractivity contribution is -0.167. The number of unbranched alkanes of at least 4 members (excludes halogenated alkanes) is 35. The van der Waals surface area contributed by atoms with Crippen LogP contribution in [0.5, 0.6) is 0 Å². The van der Waals surface area contributed by atoms with Gasteiger partial charge in [-0.2, -0.15) is 0 Å². The number of esters is 3. The van der Waals surface area contributed by atoms with E-state index in [1.54, 1.807) is 0 Å². The average Bonchev–Trinajstić information content (AvgIpc) is 3.29. The standard InChI is InChI=1S/C60H116O6/c1-7-56(6)48-42-36-30-24-18-14-11-12-15-19-25-31-37-43-49-58(61)64-52-57(53-65-59(62)50-44-38-32-27-21-23-29-35-41-47-55(4)5)66-60(63)51-45-39-33-26-20-16-10-8-9-13-17-22-28-34-40-46-54(2)3/h54-57H,7-53H2,1-6H3/t56?,57-/m0/s1. The van der Waals surface area contributed by atoms with Crippen molar-refractivity contribution >= 4 is 17.9 Å². The Morgan fingerprint density at radius 2 is 0.530 bits per heavy atom. The summed E-state index contributed by atoms with van der Waals surface area (Å²) in [5.41, 5.74) is 0. The van der Waals surface area contributed by atoms with E-state index in [4.69, 9.17) is 14.2 Å². The predicted molar refractivity (Wildman–Crippen MR) is 284 cm³/mol. The van der Waals surface area contributed by atoms with Gasteiger partial charge in [0.2, 0.25) is 0 Å². The van der Waals surface area contributed by atoms with Crippen molar-refractivity contribution < 1.29 is 28.6 Å². The third-order valence-electron chi connectivity index (χ3n) is 14.0. The first-order valence-corrected chi connectivity index (χ1v) is 29.6. The summed E-state index contributed by atoms with van der Waals surface area (Å²) in [5.74, 6) is 1.71. The molecular formula is C60H116O6. The molecule has 0 heterocycles. The Labute approximate surface area is 412 Å². The molecule has 0 aromatic heterocycles. The molecule has 0 saturated carbocycles. The number of hydrogen-bond donors (Lipinski definition) is 0. The fourth-order valence-corrected chi connectivity index (χ4v) is 9.14. The molecule has 0 fully saturated rings. The van der Waals surface area contributed by atoms with Gasteiger partial charge in [-0.3, -0.25) is 14.4 Å². The summed E-state index contributed by atoms with van der Waals surface area (Å²) in [7, 11) is 0. The van der Waals surface area contributed by atoms with Crippen LogP contribution >= 0.6 is 0 Å². The Kier molecular flexibility index (Phi) is 50.0. The van der Waals surface area contributed by atoms with Crippen LogP contribution in [0.15, 0.2) is 0 Å². The van der Waals surface area contributed by atoms with Crippen LogP contribution in [0.25, 0.3) is 0 Å². The molecule has 392 valence electrons. The normalized spacial score (nSPS) is 12.5. The van der Waals surface area contributed by atoms with E-state index in [9.17, 15) is 14.4 Å². The van der Waals surface area contributed by atoms with Gasteiger partial charge in [-0.15, -0.1) is 0 Å². The largest absolute Gasteiger partial charge is 0.462 e. The lowest BCUT2D eigenvalue weighted by Gasteiger charge is -2.18. The fraction of sp³-hybridized carbons (Fsp3) is 0.950. The molecule has 0 rings (SSSR count). The molecule has 0 aromatic rings. The molecule has 0 aliphatic heterocycles. The van der Waals surface area contributed by atoms with E-state index in [2.05, 4.69) is 41.5 Å². The topological polar surface area (TPSA) is 78.9 Å². The van der Waals surface area contributed by atoms with Gasteiger partial charge in [-0.1, -0.05) is 292 Å². The Balaban J connectivity index is 4.28. The highest BCUT2D eigenvalue weighted by molar-refractivity contribution is 5.71. The van der Waals surface area contributed by atoms with Crippen molar-refractivity contribution in [1.82, 2.24) is 0 Å². The van der Waals surface area contributed by atoms with Crippen molar-refractivity contribution in [3.63, 3.8) is 0 Å². The summed E-state index contributed by atoms with van der Waals surface area (Å²) in [4.78, 5) is 38.2. The van der Waals surface area contributed by atoms with E-state index in [1.165, 1.54) is 212 Å². The summed E-state index contributed by atoms with van der Waals surface area (Å²) in [5, 5.41) is 0. The molecule has 1 unspecified atom stereocenters. The molecular weight excluding hydrogens is 817 g/mol. The molecule has 6 heteroatoms. The lowest BCUT2D eigenvalue weighted by atomic mass is 9.99. The first-order valence-electron chi connectivity index (χ1n) is 29.6. The van der Waals surface area contributed by atoms with Gasteiger partial charge < -0.3 is 14.2 Å². The van der Waals surface area contributed by atoms with Gasteiger partial charge in [-0.05, 0) is 37.0 Å². The summed E-state index contributed by atoms with van der Waals surface area (Å²) < 4.78 is 16.9. The van der Waals surface area contributed by atoms with Gasteiger partial charge in [0, 0.05) is 19.3 Å². The monoisotopic (exact) mass is 933 g/mol. The van der Waals surface area contributed by atoms with Gasteiger partial charge in [0.1, 0.15) is 13.2 Å². The van der Waals surface area contributed by atoms with Crippen LogP contribution in [0.1, 0.15) is 330 Å². The van der Waals surface area contributed by atoms with E-state index in [-0.39, 0.29) is 31.1 Å². The molecule has 0 aliphatic rings. The quantitative estimate of drug-likeness (QED) is 0.0343. The van der Waals surface area contributed by atoms with Gasteiger partial charge in [0.05, 0.1) is 0 Å². The van der Waals surface area contributed by atoms with Crippen LogP contribution in [-0.2, 0) is 28.6 Å². The van der Waals surface area contributed by atoms with E-state index in [1.807, 2.05) is 0 Å². The van der Waals surface area contributed by atoms with Crippen molar-refractivity contribution in [1.29, 1.82) is 0 Å². The van der Waals surface area contributed by atoms with Crippen LogP contribution in [0.2, 0.25) is 0 Å². The van der Waals surface area contributed by atoms with Crippen LogP contribution in [0.4, 0.5) is 0 Å². The third-order valence-corrected chi connectivity index (χ3v) is 14.0. The van der Waals surface area contributed by atoms with Crippen LogP contribution < -0.4 is 0 Å². The highest BCUT2D eigenvalue weighted by Crippen LogP contribution is 2.19. The van der Waals surface area contributed by atoms with Crippen molar-refractivity contribution in [3.05, 3.63) is 0 Å². The summed E-state index contributed by atoms with van der Waals surface area (Å²) in [6, 6.07) is 0. The van der Waals surface area contributed by atoms with E-state index >= 15 is 0 Å². The van der Waals surface area contributed by atoms with Gasteiger partial charge in [0.15, 0.2) is 6.10 Å². The molecule has 0 aliphatic carbocycles. The van der Waals surface area contributed by atoms with Crippen molar-refractivity contribution in [3.8, 4) is 0 Å². The van der Waals surface area contributed by atoms with Crippen LogP contribution in [0.3, 0.4) is 0 Å². The zero-order valence-corrected chi connectivity index (χ0v) is 45.5. The molecule has 6 nitrogen and oxygen atoms in total. The first-order chi connectivity index (χ1) is 32.1. The molecule has 0 saturated heterocycles. The first kappa shape index (κ1) is 64.4. The highest BCUT2D eigenvalue weighted by Gasteiger charge is 2.19. The zero-order chi connectivity index (χ0) is 48.4. The predicted octanol–water partition coefficient (Wildman–Crippen LogP) is 19.5. The van der Waals surface area contributed by atoms with Crippen molar-refractivity contribution in [2.24, 2.45) is 17.8 Å². The summed E-state index contributed by atoms with van der Waals surface area (Å²) in [6.07, 6.45) is 53.8. The number of carbonyl (C=O) groups excluding carboxylic acids is 3. The Bertz CT molecular complexity index is 1020. The minimum atomic E-state index is -0.764. The Morgan fingerprint density at radius 3 is 0.788 bits per heavy atom. The van der Waals surface area contributed by atoms with Crippen LogP contribution in [0, 0.1) is 17.8 Å². The molecule has 2 atom stereocenters. The van der Waals surface area contributed by atoms with Crippen molar-refractivity contribution in [2.45, 2.75) is 337 Å². The molecule has 66 heavy (non-hydrogen) atoms. The number of hydrogen-bond acceptors (Lipinski definition) is 6. The lowest BCUT2D eigenvalue weighted by Crippen LogP contribution is -2.30. The summed E-state index contributed by atoms with van der Waals surface area (Å²) >= 11 is 0. The summed E-state index contributed by atoms with van der Waals surface area (Å²) in [6.45, 7) is 13.8. The highest BCUT2D eigenvalue weighted by atomic mass is 16.6. The number of rotatable bonds is 53. The maximum atomic E-state index is 12.9.